The first-order chi connectivity index (χ1) is 7.90. The molecule has 3 atom stereocenters. The van der Waals surface area contributed by atoms with Crippen LogP contribution in [0.25, 0.3) is 0 Å². The van der Waals surface area contributed by atoms with Crippen molar-refractivity contribution in [2.45, 2.75) is 45.8 Å². The van der Waals surface area contributed by atoms with E-state index in [1.807, 2.05) is 0 Å². The van der Waals surface area contributed by atoms with Gasteiger partial charge in [-0.3, -0.25) is 0 Å². The predicted octanol–water partition coefficient (Wildman–Crippen LogP) is 1.42. The zero-order valence-electron chi connectivity index (χ0n) is 11.8. The summed E-state index contributed by atoms with van der Waals surface area (Å²) in [6.07, 6.45) is 2.24. The van der Waals surface area contributed by atoms with Crippen LogP contribution in [0.1, 0.15) is 33.6 Å². The Morgan fingerprint density at radius 2 is 2.00 bits per heavy atom. The van der Waals surface area contributed by atoms with E-state index in [0.29, 0.717) is 12.0 Å². The van der Waals surface area contributed by atoms with Gasteiger partial charge in [-0.2, -0.15) is 0 Å². The van der Waals surface area contributed by atoms with E-state index in [0.717, 1.165) is 26.2 Å². The molecule has 0 amide bonds. The second kappa shape index (κ2) is 4.87. The second-order valence-electron chi connectivity index (χ2n) is 6.82. The van der Waals surface area contributed by atoms with Gasteiger partial charge >= 0.3 is 0 Å². The molecule has 0 aromatic carbocycles. The SMILES string of the molecule is CC1CN(CC2CCC(C)(C)C2O)CCN1C. The van der Waals surface area contributed by atoms with Crippen LogP contribution < -0.4 is 0 Å². The van der Waals surface area contributed by atoms with Crippen LogP contribution in [-0.4, -0.2) is 60.3 Å². The number of hydrogen-bond acceptors (Lipinski definition) is 3. The van der Waals surface area contributed by atoms with Gasteiger partial charge in [-0.15, -0.1) is 0 Å². The van der Waals surface area contributed by atoms with Gasteiger partial charge in [0.2, 0.25) is 0 Å². The van der Waals surface area contributed by atoms with Crippen molar-refractivity contribution in [2.75, 3.05) is 33.2 Å². The third-order valence-electron chi connectivity index (χ3n) is 4.94. The molecule has 100 valence electrons. The first-order valence-corrected chi connectivity index (χ1v) is 7.01. The summed E-state index contributed by atoms with van der Waals surface area (Å²) in [5, 5.41) is 10.3. The first kappa shape index (κ1) is 13.3. The van der Waals surface area contributed by atoms with Gasteiger partial charge in [0.05, 0.1) is 6.10 Å². The number of aliphatic hydroxyl groups excluding tert-OH is 1. The highest BCUT2D eigenvalue weighted by molar-refractivity contribution is 4.93. The maximum absolute atomic E-state index is 10.3. The Morgan fingerprint density at radius 3 is 2.53 bits per heavy atom. The molecule has 17 heavy (non-hydrogen) atoms. The summed E-state index contributed by atoms with van der Waals surface area (Å²) in [5.41, 5.74) is 0.128. The normalized spacial score (nSPS) is 39.7. The molecule has 0 aromatic rings. The van der Waals surface area contributed by atoms with E-state index in [2.05, 4.69) is 37.6 Å². The molecule has 1 saturated heterocycles. The van der Waals surface area contributed by atoms with E-state index < -0.39 is 0 Å². The van der Waals surface area contributed by atoms with Crippen LogP contribution >= 0.6 is 0 Å². The summed E-state index contributed by atoms with van der Waals surface area (Å²) in [7, 11) is 2.20. The Bertz CT molecular complexity index is 267. The average Bonchev–Trinajstić information content (AvgIpc) is 2.51. The molecular weight excluding hydrogens is 212 g/mol. The van der Waals surface area contributed by atoms with Crippen LogP contribution in [-0.2, 0) is 0 Å². The van der Waals surface area contributed by atoms with Gasteiger partial charge in [-0.05, 0) is 38.1 Å². The number of nitrogens with zero attached hydrogens (tertiary/aromatic N) is 2. The van der Waals surface area contributed by atoms with Crippen molar-refractivity contribution in [2.24, 2.45) is 11.3 Å². The second-order valence-corrected chi connectivity index (χ2v) is 6.82. The molecule has 0 bridgehead atoms. The molecule has 1 N–H and O–H groups in total. The summed E-state index contributed by atoms with van der Waals surface area (Å²) in [4.78, 5) is 4.96. The van der Waals surface area contributed by atoms with Crippen LogP contribution in [0.5, 0.6) is 0 Å². The highest BCUT2D eigenvalue weighted by atomic mass is 16.3. The Morgan fingerprint density at radius 1 is 1.29 bits per heavy atom. The maximum atomic E-state index is 10.3. The molecule has 0 aromatic heterocycles. The van der Waals surface area contributed by atoms with Crippen molar-refractivity contribution in [1.82, 2.24) is 9.80 Å². The number of hydrogen-bond donors (Lipinski definition) is 1. The lowest BCUT2D eigenvalue weighted by atomic mass is 9.87. The maximum Gasteiger partial charge on any atom is 0.0631 e. The van der Waals surface area contributed by atoms with Crippen molar-refractivity contribution in [3.8, 4) is 0 Å². The summed E-state index contributed by atoms with van der Waals surface area (Å²) in [6.45, 7) is 11.2. The standard InChI is InChI=1S/C14H28N2O/c1-11-9-16(8-7-15(11)4)10-12-5-6-14(2,3)13(12)17/h11-13,17H,5-10H2,1-4H3. The Hall–Kier alpha value is -0.120. The fourth-order valence-electron chi connectivity index (χ4n) is 3.31. The van der Waals surface area contributed by atoms with Crippen molar-refractivity contribution in [3.05, 3.63) is 0 Å². The van der Waals surface area contributed by atoms with E-state index in [-0.39, 0.29) is 11.5 Å². The molecule has 3 heteroatoms. The molecular formula is C14H28N2O. The van der Waals surface area contributed by atoms with Gasteiger partial charge in [-0.1, -0.05) is 13.8 Å². The number of piperazine rings is 1. The van der Waals surface area contributed by atoms with E-state index in [9.17, 15) is 5.11 Å². The first-order valence-electron chi connectivity index (χ1n) is 7.01. The van der Waals surface area contributed by atoms with Crippen LogP contribution in [0.4, 0.5) is 0 Å². The molecule has 2 fully saturated rings. The molecule has 1 saturated carbocycles. The lowest BCUT2D eigenvalue weighted by Gasteiger charge is -2.39. The minimum Gasteiger partial charge on any atom is -0.392 e. The zero-order valence-corrected chi connectivity index (χ0v) is 11.8. The Kier molecular flexibility index (Phi) is 3.81. The fraction of sp³-hybridized carbons (Fsp3) is 1.00. The van der Waals surface area contributed by atoms with Gasteiger partial charge in [0.15, 0.2) is 0 Å². The Labute approximate surface area is 106 Å². The van der Waals surface area contributed by atoms with Gasteiger partial charge in [0.1, 0.15) is 0 Å². The lowest BCUT2D eigenvalue weighted by Crippen LogP contribution is -2.51. The molecule has 1 aliphatic carbocycles. The molecule has 0 radical (unpaired) electrons. The van der Waals surface area contributed by atoms with E-state index in [1.165, 1.54) is 12.8 Å². The highest BCUT2D eigenvalue weighted by Crippen LogP contribution is 2.41. The van der Waals surface area contributed by atoms with Crippen molar-refractivity contribution >= 4 is 0 Å². The van der Waals surface area contributed by atoms with Gasteiger partial charge in [-0.25, -0.2) is 0 Å². The minimum atomic E-state index is -0.113. The average molecular weight is 240 g/mol. The van der Waals surface area contributed by atoms with Crippen molar-refractivity contribution < 1.29 is 5.11 Å². The molecule has 0 spiro atoms. The fourth-order valence-corrected chi connectivity index (χ4v) is 3.31. The molecule has 2 rings (SSSR count). The summed E-state index contributed by atoms with van der Waals surface area (Å²) in [5.74, 6) is 0.487. The van der Waals surface area contributed by atoms with E-state index in [1.54, 1.807) is 0 Å². The Balaban J connectivity index is 1.86. The van der Waals surface area contributed by atoms with Crippen LogP contribution in [0, 0.1) is 11.3 Å². The largest absolute Gasteiger partial charge is 0.392 e. The third kappa shape index (κ3) is 2.83. The predicted molar refractivity (Wildman–Crippen MR) is 71.0 cm³/mol. The number of rotatable bonds is 2. The summed E-state index contributed by atoms with van der Waals surface area (Å²) >= 11 is 0. The van der Waals surface area contributed by atoms with Crippen LogP contribution in [0.15, 0.2) is 0 Å². The van der Waals surface area contributed by atoms with Crippen LogP contribution in [0.2, 0.25) is 0 Å². The van der Waals surface area contributed by atoms with Gasteiger partial charge in [0.25, 0.3) is 0 Å². The summed E-state index contributed by atoms with van der Waals surface area (Å²) in [6, 6.07) is 0.648. The highest BCUT2D eigenvalue weighted by Gasteiger charge is 2.41. The molecule has 3 nitrogen and oxygen atoms in total. The van der Waals surface area contributed by atoms with Crippen molar-refractivity contribution in [3.63, 3.8) is 0 Å². The number of aliphatic hydroxyl groups is 1. The molecule has 2 aliphatic rings. The summed E-state index contributed by atoms with van der Waals surface area (Å²) < 4.78 is 0. The van der Waals surface area contributed by atoms with E-state index in [4.69, 9.17) is 0 Å². The topological polar surface area (TPSA) is 26.7 Å². The zero-order chi connectivity index (χ0) is 12.6. The molecule has 1 aliphatic heterocycles. The third-order valence-corrected chi connectivity index (χ3v) is 4.94. The van der Waals surface area contributed by atoms with E-state index >= 15 is 0 Å². The molecule has 1 heterocycles. The smallest absolute Gasteiger partial charge is 0.0631 e. The monoisotopic (exact) mass is 240 g/mol. The van der Waals surface area contributed by atoms with Crippen molar-refractivity contribution in [1.29, 1.82) is 0 Å². The van der Waals surface area contributed by atoms with Crippen LogP contribution in [0.3, 0.4) is 0 Å². The number of likely N-dealkylation sites (N-methyl/N-ethyl adjacent to an activating group) is 1. The quantitative estimate of drug-likeness (QED) is 0.791. The van der Waals surface area contributed by atoms with Gasteiger partial charge < -0.3 is 14.9 Å². The minimum absolute atomic E-state index is 0.113. The lowest BCUT2D eigenvalue weighted by molar-refractivity contribution is 0.0197. The van der Waals surface area contributed by atoms with Gasteiger partial charge in [0, 0.05) is 32.2 Å². The molecule has 3 unspecified atom stereocenters.